The monoisotopic (exact) mass is 435 g/mol. The summed E-state index contributed by atoms with van der Waals surface area (Å²) in [5.74, 6) is 1.21. The lowest BCUT2D eigenvalue weighted by Gasteiger charge is -2.13. The molecular weight excluding hydrogens is 414 g/mol. The van der Waals surface area contributed by atoms with Crippen LogP contribution in [0.2, 0.25) is 0 Å². The van der Waals surface area contributed by atoms with Gasteiger partial charge in [0.05, 0.1) is 25.3 Å². The van der Waals surface area contributed by atoms with Gasteiger partial charge < -0.3 is 14.8 Å². The zero-order valence-electron chi connectivity index (χ0n) is 17.3. The van der Waals surface area contributed by atoms with Gasteiger partial charge in [0.2, 0.25) is 5.91 Å². The normalized spacial score (nSPS) is 10.8. The van der Waals surface area contributed by atoms with Crippen molar-refractivity contribution in [1.82, 2.24) is 9.55 Å². The Morgan fingerprint density at radius 2 is 1.87 bits per heavy atom. The first kappa shape index (κ1) is 20.6. The number of carbonyl (C=O) groups is 1. The zero-order chi connectivity index (χ0) is 22.0. The van der Waals surface area contributed by atoms with Crippen molar-refractivity contribution in [3.8, 4) is 21.9 Å². The molecule has 158 valence electrons. The summed E-state index contributed by atoms with van der Waals surface area (Å²) in [6.07, 6.45) is 0. The third-order valence-electron chi connectivity index (χ3n) is 4.88. The Labute approximate surface area is 182 Å². The van der Waals surface area contributed by atoms with Crippen molar-refractivity contribution >= 4 is 33.1 Å². The van der Waals surface area contributed by atoms with Crippen molar-refractivity contribution in [2.45, 2.75) is 13.5 Å². The van der Waals surface area contributed by atoms with Crippen molar-refractivity contribution in [3.63, 3.8) is 0 Å². The predicted molar refractivity (Wildman–Crippen MR) is 122 cm³/mol. The molecular formula is C23H21N3O4S. The number of rotatable bonds is 6. The molecule has 4 aromatic rings. The maximum Gasteiger partial charge on any atom is 0.262 e. The van der Waals surface area contributed by atoms with Gasteiger partial charge in [-0.25, -0.2) is 4.98 Å². The third kappa shape index (κ3) is 4.15. The number of benzene rings is 2. The van der Waals surface area contributed by atoms with Gasteiger partial charge >= 0.3 is 0 Å². The van der Waals surface area contributed by atoms with Crippen LogP contribution in [0.15, 0.2) is 59.4 Å². The summed E-state index contributed by atoms with van der Waals surface area (Å²) in [7, 11) is 3.07. The van der Waals surface area contributed by atoms with E-state index < -0.39 is 0 Å². The van der Waals surface area contributed by atoms with E-state index in [0.29, 0.717) is 33.2 Å². The molecule has 0 aliphatic heterocycles. The van der Waals surface area contributed by atoms with Crippen LogP contribution in [0.25, 0.3) is 20.7 Å². The number of carbonyl (C=O) groups excluding carboxylic acids is 1. The Kier molecular flexibility index (Phi) is 5.73. The molecule has 1 amide bonds. The van der Waals surface area contributed by atoms with Crippen LogP contribution in [0.4, 0.5) is 5.69 Å². The summed E-state index contributed by atoms with van der Waals surface area (Å²) in [5.41, 5.74) is 1.28. The number of aromatic nitrogens is 2. The number of hydrogen-bond donors (Lipinski definition) is 1. The highest BCUT2D eigenvalue weighted by Crippen LogP contribution is 2.31. The van der Waals surface area contributed by atoms with Crippen LogP contribution in [0, 0.1) is 6.92 Å². The Morgan fingerprint density at radius 1 is 1.10 bits per heavy atom. The standard InChI is InChI=1S/C23H21N3O4S/c1-14-24-22-17(12-20(31-22)15-7-5-4-6-8-15)23(28)26(14)13-21(27)25-18-10-9-16(29-2)11-19(18)30-3/h4-12H,13H2,1-3H3,(H,25,27). The zero-order valence-corrected chi connectivity index (χ0v) is 18.2. The number of methoxy groups -OCH3 is 2. The first-order valence-corrected chi connectivity index (χ1v) is 10.4. The summed E-state index contributed by atoms with van der Waals surface area (Å²) < 4.78 is 11.9. The van der Waals surface area contributed by atoms with Gasteiger partial charge in [-0.2, -0.15) is 0 Å². The van der Waals surface area contributed by atoms with Crippen LogP contribution in [0.1, 0.15) is 5.82 Å². The predicted octanol–water partition coefficient (Wildman–Crippen LogP) is 4.09. The van der Waals surface area contributed by atoms with Crippen LogP contribution in [-0.2, 0) is 11.3 Å². The molecule has 0 unspecified atom stereocenters. The molecule has 4 rings (SSSR count). The van der Waals surface area contributed by atoms with Gasteiger partial charge in [0.25, 0.3) is 5.56 Å². The fourth-order valence-corrected chi connectivity index (χ4v) is 4.36. The summed E-state index contributed by atoms with van der Waals surface area (Å²) in [6, 6.07) is 16.8. The number of ether oxygens (including phenoxy) is 2. The SMILES string of the molecule is COc1ccc(NC(=O)Cn2c(C)nc3sc(-c4ccccc4)cc3c2=O)c(OC)c1. The lowest BCUT2D eigenvalue weighted by atomic mass is 10.2. The fraction of sp³-hybridized carbons (Fsp3) is 0.174. The number of thiophene rings is 1. The molecule has 2 heterocycles. The highest BCUT2D eigenvalue weighted by molar-refractivity contribution is 7.21. The molecule has 7 nitrogen and oxygen atoms in total. The van der Waals surface area contributed by atoms with E-state index in [4.69, 9.17) is 9.47 Å². The minimum absolute atomic E-state index is 0.153. The maximum atomic E-state index is 13.1. The lowest BCUT2D eigenvalue weighted by Crippen LogP contribution is -2.30. The van der Waals surface area contributed by atoms with Crippen LogP contribution >= 0.6 is 11.3 Å². The van der Waals surface area contributed by atoms with Gasteiger partial charge in [0, 0.05) is 10.9 Å². The highest BCUT2D eigenvalue weighted by Gasteiger charge is 2.16. The van der Waals surface area contributed by atoms with E-state index >= 15 is 0 Å². The van der Waals surface area contributed by atoms with Crippen LogP contribution in [-0.4, -0.2) is 29.7 Å². The first-order valence-electron chi connectivity index (χ1n) is 9.58. The van der Waals surface area contributed by atoms with Crippen molar-refractivity contribution in [2.75, 3.05) is 19.5 Å². The van der Waals surface area contributed by atoms with E-state index in [1.165, 1.54) is 23.0 Å². The molecule has 2 aromatic heterocycles. The molecule has 0 aliphatic rings. The second-order valence-corrected chi connectivity index (χ2v) is 7.89. The second kappa shape index (κ2) is 8.61. The van der Waals surface area contributed by atoms with Gasteiger partial charge in [-0.05, 0) is 30.7 Å². The lowest BCUT2D eigenvalue weighted by molar-refractivity contribution is -0.116. The fourth-order valence-electron chi connectivity index (χ4n) is 3.28. The van der Waals surface area contributed by atoms with E-state index in [0.717, 1.165) is 10.4 Å². The third-order valence-corrected chi connectivity index (χ3v) is 5.96. The van der Waals surface area contributed by atoms with Crippen molar-refractivity contribution in [1.29, 1.82) is 0 Å². The average Bonchev–Trinajstić information content (AvgIpc) is 3.21. The maximum absolute atomic E-state index is 13.1. The van der Waals surface area contributed by atoms with E-state index in [1.54, 1.807) is 32.2 Å². The number of fused-ring (bicyclic) bond motifs is 1. The molecule has 31 heavy (non-hydrogen) atoms. The molecule has 0 aliphatic carbocycles. The number of amides is 1. The van der Waals surface area contributed by atoms with Gasteiger partial charge in [0.15, 0.2) is 0 Å². The van der Waals surface area contributed by atoms with Crippen molar-refractivity contribution in [2.24, 2.45) is 0 Å². The number of anilines is 1. The molecule has 8 heteroatoms. The number of nitrogens with one attached hydrogen (secondary N) is 1. The number of hydrogen-bond acceptors (Lipinski definition) is 6. The van der Waals surface area contributed by atoms with Crippen molar-refractivity contribution in [3.05, 3.63) is 70.8 Å². The van der Waals surface area contributed by atoms with Gasteiger partial charge in [-0.3, -0.25) is 14.2 Å². The number of aryl methyl sites for hydroxylation is 1. The largest absolute Gasteiger partial charge is 0.497 e. The molecule has 0 radical (unpaired) electrons. The van der Waals surface area contributed by atoms with Gasteiger partial charge in [0.1, 0.15) is 28.7 Å². The Bertz CT molecular complexity index is 1310. The van der Waals surface area contributed by atoms with E-state index in [9.17, 15) is 9.59 Å². The molecule has 0 saturated heterocycles. The summed E-state index contributed by atoms with van der Waals surface area (Å²) >= 11 is 1.46. The van der Waals surface area contributed by atoms with E-state index in [-0.39, 0.29) is 18.0 Å². The summed E-state index contributed by atoms with van der Waals surface area (Å²) in [6.45, 7) is 1.57. The molecule has 0 fully saturated rings. The smallest absolute Gasteiger partial charge is 0.262 e. The minimum atomic E-state index is -0.353. The van der Waals surface area contributed by atoms with Crippen LogP contribution < -0.4 is 20.3 Å². The Balaban J connectivity index is 1.62. The van der Waals surface area contributed by atoms with Gasteiger partial charge in [-0.1, -0.05) is 30.3 Å². The van der Waals surface area contributed by atoms with E-state index in [1.807, 2.05) is 36.4 Å². The highest BCUT2D eigenvalue weighted by atomic mass is 32.1. The van der Waals surface area contributed by atoms with Gasteiger partial charge in [-0.15, -0.1) is 11.3 Å². The van der Waals surface area contributed by atoms with Crippen LogP contribution in [0.3, 0.4) is 0 Å². The molecule has 0 bridgehead atoms. The van der Waals surface area contributed by atoms with Crippen molar-refractivity contribution < 1.29 is 14.3 Å². The minimum Gasteiger partial charge on any atom is -0.497 e. The Morgan fingerprint density at radius 3 is 2.58 bits per heavy atom. The quantitative estimate of drug-likeness (QED) is 0.493. The summed E-state index contributed by atoms with van der Waals surface area (Å²) in [4.78, 5) is 32.0. The molecule has 0 spiro atoms. The summed E-state index contributed by atoms with van der Waals surface area (Å²) in [5, 5.41) is 3.29. The second-order valence-electron chi connectivity index (χ2n) is 6.86. The number of nitrogens with zero attached hydrogens (tertiary/aromatic N) is 2. The topological polar surface area (TPSA) is 82.5 Å². The molecule has 1 N–H and O–H groups in total. The van der Waals surface area contributed by atoms with E-state index in [2.05, 4.69) is 10.3 Å². The van der Waals surface area contributed by atoms with Crippen LogP contribution in [0.5, 0.6) is 11.5 Å². The Hall–Kier alpha value is -3.65. The molecule has 0 saturated carbocycles. The average molecular weight is 436 g/mol. The molecule has 0 atom stereocenters. The first-order chi connectivity index (χ1) is 15.0. The molecule has 2 aromatic carbocycles.